The van der Waals surface area contributed by atoms with E-state index in [0.29, 0.717) is 5.56 Å². The van der Waals surface area contributed by atoms with Crippen LogP contribution in [0.4, 0.5) is 0 Å². The maximum atomic E-state index is 11.2. The largest absolute Gasteiger partial charge is 0.368 e. The third-order valence-corrected chi connectivity index (χ3v) is 2.96. The van der Waals surface area contributed by atoms with Crippen LogP contribution in [0.25, 0.3) is 0 Å². The average molecular weight is 307 g/mol. The van der Waals surface area contributed by atoms with Crippen LogP contribution in [0.15, 0.2) is 28.7 Å². The third-order valence-electron chi connectivity index (χ3n) is 1.80. The first kappa shape index (κ1) is 13.1. The van der Waals surface area contributed by atoms with Gasteiger partial charge < -0.3 is 5.73 Å². The number of amides is 1. The third kappa shape index (κ3) is 3.92. The lowest BCUT2D eigenvalue weighted by Gasteiger charge is -2.14. The summed E-state index contributed by atoms with van der Waals surface area (Å²) in [7, 11) is -3.50. The molecule has 1 rings (SSSR count). The van der Waals surface area contributed by atoms with Gasteiger partial charge in [-0.2, -0.15) is 4.72 Å². The van der Waals surface area contributed by atoms with Gasteiger partial charge in [0, 0.05) is 4.47 Å². The summed E-state index contributed by atoms with van der Waals surface area (Å²) in [5.41, 5.74) is 5.64. The molecule has 0 aromatic heterocycles. The minimum Gasteiger partial charge on any atom is -0.368 e. The molecular formula is C9H11BrN2O3S. The van der Waals surface area contributed by atoms with Crippen molar-refractivity contribution in [1.29, 1.82) is 0 Å². The van der Waals surface area contributed by atoms with Crippen LogP contribution in [0, 0.1) is 0 Å². The number of primary amides is 1. The van der Waals surface area contributed by atoms with Crippen LogP contribution in [0.3, 0.4) is 0 Å². The Labute approximate surface area is 102 Å². The molecule has 0 saturated carbocycles. The Morgan fingerprint density at radius 1 is 1.50 bits per heavy atom. The lowest BCUT2D eigenvalue weighted by Crippen LogP contribution is -2.36. The fraction of sp³-hybridized carbons (Fsp3) is 0.222. The Kier molecular flexibility index (Phi) is 4.06. The Morgan fingerprint density at radius 2 is 2.12 bits per heavy atom. The van der Waals surface area contributed by atoms with Gasteiger partial charge in [0.2, 0.25) is 15.9 Å². The molecule has 1 aromatic rings. The Hall–Kier alpha value is -0.920. The first-order valence-electron chi connectivity index (χ1n) is 4.31. The van der Waals surface area contributed by atoms with Crippen LogP contribution in [0.2, 0.25) is 0 Å². The standard InChI is InChI=1S/C9H11BrN2O3S/c1-16(14,15)12-8(9(11)13)6-3-2-4-7(10)5-6/h2-5,8,12H,1H3,(H2,11,13)/t8-/m0/s1. The second kappa shape index (κ2) is 4.94. The van der Waals surface area contributed by atoms with E-state index in [9.17, 15) is 13.2 Å². The molecule has 5 nitrogen and oxygen atoms in total. The quantitative estimate of drug-likeness (QED) is 0.850. The van der Waals surface area contributed by atoms with Gasteiger partial charge in [-0.1, -0.05) is 28.1 Å². The van der Waals surface area contributed by atoms with Gasteiger partial charge in [-0.15, -0.1) is 0 Å². The van der Waals surface area contributed by atoms with Gasteiger partial charge in [0.1, 0.15) is 6.04 Å². The molecule has 88 valence electrons. The lowest BCUT2D eigenvalue weighted by atomic mass is 10.1. The van der Waals surface area contributed by atoms with Crippen molar-refractivity contribution in [2.24, 2.45) is 5.73 Å². The summed E-state index contributed by atoms with van der Waals surface area (Å²) < 4.78 is 25.1. The smallest absolute Gasteiger partial charge is 0.240 e. The number of carbonyl (C=O) groups excluding carboxylic acids is 1. The molecule has 0 unspecified atom stereocenters. The number of carbonyl (C=O) groups is 1. The molecule has 1 atom stereocenters. The van der Waals surface area contributed by atoms with Crippen LogP contribution < -0.4 is 10.5 Å². The fourth-order valence-electron chi connectivity index (χ4n) is 1.19. The van der Waals surface area contributed by atoms with Gasteiger partial charge in [0.25, 0.3) is 0 Å². The number of nitrogens with two attached hydrogens (primary N) is 1. The van der Waals surface area contributed by atoms with E-state index in [1.807, 2.05) is 0 Å². The summed E-state index contributed by atoms with van der Waals surface area (Å²) in [5, 5.41) is 0. The molecule has 1 amide bonds. The summed E-state index contributed by atoms with van der Waals surface area (Å²) in [4.78, 5) is 11.2. The van der Waals surface area contributed by atoms with E-state index in [-0.39, 0.29) is 0 Å². The van der Waals surface area contributed by atoms with Gasteiger partial charge in [-0.05, 0) is 17.7 Å². The first-order chi connectivity index (χ1) is 7.29. The zero-order valence-corrected chi connectivity index (χ0v) is 10.9. The summed E-state index contributed by atoms with van der Waals surface area (Å²) in [6.07, 6.45) is 0.973. The Balaban J connectivity index is 3.08. The number of rotatable bonds is 4. The summed E-state index contributed by atoms with van der Waals surface area (Å²) in [6, 6.07) is 5.67. The second-order valence-electron chi connectivity index (χ2n) is 3.28. The zero-order chi connectivity index (χ0) is 12.3. The van der Waals surface area contributed by atoms with E-state index in [1.165, 1.54) is 0 Å². The van der Waals surface area contributed by atoms with E-state index < -0.39 is 22.0 Å². The molecule has 3 N–H and O–H groups in total. The van der Waals surface area contributed by atoms with E-state index in [4.69, 9.17) is 5.73 Å². The fourth-order valence-corrected chi connectivity index (χ4v) is 2.29. The van der Waals surface area contributed by atoms with Gasteiger partial charge in [-0.3, -0.25) is 4.79 Å². The van der Waals surface area contributed by atoms with Crippen molar-refractivity contribution in [3.8, 4) is 0 Å². The van der Waals surface area contributed by atoms with Gasteiger partial charge >= 0.3 is 0 Å². The van der Waals surface area contributed by atoms with Crippen LogP contribution in [0.5, 0.6) is 0 Å². The highest BCUT2D eigenvalue weighted by Crippen LogP contribution is 2.18. The number of nitrogens with one attached hydrogen (secondary N) is 1. The minimum atomic E-state index is -3.50. The van der Waals surface area contributed by atoms with Crippen LogP contribution in [-0.2, 0) is 14.8 Å². The molecule has 0 fully saturated rings. The molecule has 0 radical (unpaired) electrons. The second-order valence-corrected chi connectivity index (χ2v) is 5.98. The molecule has 0 aliphatic heterocycles. The topological polar surface area (TPSA) is 89.3 Å². The summed E-state index contributed by atoms with van der Waals surface area (Å²) in [6.45, 7) is 0. The maximum absolute atomic E-state index is 11.2. The van der Waals surface area contributed by atoms with E-state index >= 15 is 0 Å². The molecule has 16 heavy (non-hydrogen) atoms. The van der Waals surface area contributed by atoms with Crippen LogP contribution in [-0.4, -0.2) is 20.6 Å². The van der Waals surface area contributed by atoms with Crippen molar-refractivity contribution < 1.29 is 13.2 Å². The van der Waals surface area contributed by atoms with Crippen molar-refractivity contribution in [3.05, 3.63) is 34.3 Å². The molecule has 0 aliphatic carbocycles. The molecule has 0 aliphatic rings. The number of hydrogen-bond donors (Lipinski definition) is 2. The Bertz CT molecular complexity index is 501. The van der Waals surface area contributed by atoms with E-state index in [1.54, 1.807) is 24.3 Å². The molecular weight excluding hydrogens is 296 g/mol. The van der Waals surface area contributed by atoms with Crippen LogP contribution in [0.1, 0.15) is 11.6 Å². The molecule has 0 saturated heterocycles. The monoisotopic (exact) mass is 306 g/mol. The molecule has 0 heterocycles. The Morgan fingerprint density at radius 3 is 2.56 bits per heavy atom. The van der Waals surface area contributed by atoms with Gasteiger partial charge in [-0.25, -0.2) is 8.42 Å². The highest BCUT2D eigenvalue weighted by atomic mass is 79.9. The summed E-state index contributed by atoms with van der Waals surface area (Å²) in [5.74, 6) is -0.747. The number of halogens is 1. The highest BCUT2D eigenvalue weighted by Gasteiger charge is 2.21. The predicted molar refractivity (Wildman–Crippen MR) is 64.1 cm³/mol. The van der Waals surface area contributed by atoms with E-state index in [0.717, 1.165) is 10.7 Å². The SMILES string of the molecule is CS(=O)(=O)N[C@H](C(N)=O)c1cccc(Br)c1. The maximum Gasteiger partial charge on any atom is 0.240 e. The minimum absolute atomic E-state index is 0.493. The highest BCUT2D eigenvalue weighted by molar-refractivity contribution is 9.10. The average Bonchev–Trinajstić information content (AvgIpc) is 2.12. The summed E-state index contributed by atoms with van der Waals surface area (Å²) >= 11 is 3.23. The van der Waals surface area contributed by atoms with Gasteiger partial charge in [0.15, 0.2) is 0 Å². The van der Waals surface area contributed by atoms with Crippen molar-refractivity contribution in [1.82, 2.24) is 4.72 Å². The van der Waals surface area contributed by atoms with Crippen molar-refractivity contribution in [2.45, 2.75) is 6.04 Å². The van der Waals surface area contributed by atoms with Crippen molar-refractivity contribution in [2.75, 3.05) is 6.26 Å². The predicted octanol–water partition coefficient (Wildman–Crippen LogP) is 0.525. The zero-order valence-electron chi connectivity index (χ0n) is 8.48. The lowest BCUT2D eigenvalue weighted by molar-refractivity contribution is -0.119. The molecule has 7 heteroatoms. The van der Waals surface area contributed by atoms with Gasteiger partial charge in [0.05, 0.1) is 6.26 Å². The van der Waals surface area contributed by atoms with Crippen LogP contribution >= 0.6 is 15.9 Å². The number of benzene rings is 1. The molecule has 1 aromatic carbocycles. The molecule has 0 bridgehead atoms. The van der Waals surface area contributed by atoms with Crippen molar-refractivity contribution in [3.63, 3.8) is 0 Å². The first-order valence-corrected chi connectivity index (χ1v) is 7.00. The molecule has 0 spiro atoms. The van der Waals surface area contributed by atoms with E-state index in [2.05, 4.69) is 20.7 Å². The normalized spacial score (nSPS) is 13.4. The van der Waals surface area contributed by atoms with Crippen molar-refractivity contribution >= 4 is 31.9 Å². The number of hydrogen-bond acceptors (Lipinski definition) is 3. The number of sulfonamides is 1.